The van der Waals surface area contributed by atoms with Crippen LogP contribution in [0.3, 0.4) is 0 Å². The number of halogens is 9. The Bertz CT molecular complexity index is 848. The molecule has 25 heavy (non-hydrogen) atoms. The molecule has 12 heteroatoms. The van der Waals surface area contributed by atoms with Crippen LogP contribution in [0.1, 0.15) is 11.1 Å². The molecule has 0 fully saturated rings. The molecular formula is C13H3BrCl4F4N2S. The van der Waals surface area contributed by atoms with E-state index in [4.69, 9.17) is 46.4 Å². The van der Waals surface area contributed by atoms with Crippen LogP contribution in [0.2, 0.25) is 10.0 Å². The summed E-state index contributed by atoms with van der Waals surface area (Å²) in [5.41, 5.74) is -1.10. The highest BCUT2D eigenvalue weighted by Gasteiger charge is 2.33. The van der Waals surface area contributed by atoms with Gasteiger partial charge in [-0.1, -0.05) is 46.4 Å². The van der Waals surface area contributed by atoms with Crippen LogP contribution in [0.25, 0.3) is 5.69 Å². The van der Waals surface area contributed by atoms with Crippen molar-refractivity contribution >= 4 is 74.1 Å². The van der Waals surface area contributed by atoms with Crippen LogP contribution in [0.4, 0.5) is 17.6 Å². The monoisotopic (exact) mass is 514 g/mol. The van der Waals surface area contributed by atoms with Crippen LogP contribution in [0.15, 0.2) is 27.8 Å². The Kier molecular flexibility index (Phi) is 6.19. The fraction of sp³-hybridized carbons (Fsp3) is 0.154. The predicted octanol–water partition coefficient (Wildman–Crippen LogP) is 7.59. The zero-order valence-electron chi connectivity index (χ0n) is 11.4. The third kappa shape index (κ3) is 4.71. The molecule has 134 valence electrons. The van der Waals surface area contributed by atoms with Gasteiger partial charge in [-0.15, -0.1) is 0 Å². The fourth-order valence-corrected chi connectivity index (χ4v) is 4.42. The van der Waals surface area contributed by atoms with E-state index in [9.17, 15) is 22.8 Å². The highest BCUT2D eigenvalue weighted by atomic mass is 79.9. The minimum atomic E-state index is -4.64. The van der Waals surface area contributed by atoms with Gasteiger partial charge >= 0.3 is 10.1 Å². The number of benzene rings is 1. The van der Waals surface area contributed by atoms with Gasteiger partial charge in [0.2, 0.25) is 0 Å². The summed E-state index contributed by atoms with van der Waals surface area (Å²) in [4.78, 5) is 0.0360. The molecule has 0 N–H and O–H groups in total. The maximum Gasteiger partial charge on any atom is 0.416 e. The first-order valence-electron chi connectivity index (χ1n) is 5.98. The van der Waals surface area contributed by atoms with Crippen molar-refractivity contribution in [3.8, 4) is 11.8 Å². The lowest BCUT2D eigenvalue weighted by atomic mass is 10.2. The molecule has 0 bridgehead atoms. The van der Waals surface area contributed by atoms with E-state index < -0.39 is 15.7 Å². The van der Waals surface area contributed by atoms with Crippen molar-refractivity contribution < 1.29 is 17.6 Å². The molecule has 2 rings (SSSR count). The summed E-state index contributed by atoms with van der Waals surface area (Å²) in [6.45, 7) is 0. The van der Waals surface area contributed by atoms with Crippen molar-refractivity contribution in [2.45, 2.75) is 15.0 Å². The van der Waals surface area contributed by atoms with Crippen LogP contribution >= 0.6 is 74.1 Å². The van der Waals surface area contributed by atoms with E-state index in [0.717, 1.165) is 0 Å². The number of aromatic nitrogens is 1. The maximum absolute atomic E-state index is 13.5. The van der Waals surface area contributed by atoms with Gasteiger partial charge in [-0.2, -0.15) is 22.8 Å². The number of hydrogen-bond acceptors (Lipinski definition) is 2. The Labute approximate surface area is 171 Å². The van der Waals surface area contributed by atoms with E-state index in [1.807, 2.05) is 6.07 Å². The Hall–Kier alpha value is -0.300. The van der Waals surface area contributed by atoms with E-state index >= 15 is 0 Å². The van der Waals surface area contributed by atoms with Gasteiger partial charge in [0.25, 0.3) is 0 Å². The van der Waals surface area contributed by atoms with Crippen LogP contribution in [-0.2, 0) is 6.18 Å². The van der Waals surface area contributed by atoms with Gasteiger partial charge in [0.1, 0.15) is 10.7 Å². The molecule has 1 aromatic heterocycles. The van der Waals surface area contributed by atoms with Gasteiger partial charge in [-0.25, -0.2) is 0 Å². The second-order valence-electron chi connectivity index (χ2n) is 4.48. The Morgan fingerprint density at radius 1 is 1.12 bits per heavy atom. The average molecular weight is 517 g/mol. The quantitative estimate of drug-likeness (QED) is 0.239. The van der Waals surface area contributed by atoms with E-state index in [-0.39, 0.29) is 30.8 Å². The van der Waals surface area contributed by atoms with Gasteiger partial charge < -0.3 is 4.57 Å². The molecule has 0 radical (unpaired) electrons. The molecule has 0 amide bonds. The van der Waals surface area contributed by atoms with Gasteiger partial charge in [0.15, 0.2) is 0 Å². The van der Waals surface area contributed by atoms with Crippen LogP contribution < -0.4 is 0 Å². The lowest BCUT2D eigenvalue weighted by Crippen LogP contribution is -2.06. The third-order valence-corrected chi connectivity index (χ3v) is 5.41. The molecule has 0 aliphatic rings. The van der Waals surface area contributed by atoms with E-state index in [1.54, 1.807) is 0 Å². The first kappa shape index (κ1) is 21.0. The molecule has 0 unspecified atom stereocenters. The number of rotatable bonds is 3. The molecule has 0 spiro atoms. The molecule has 0 saturated heterocycles. The SMILES string of the molecule is N#Cc1c(SC(F)(Cl)Cl)cn(-c2c(Cl)cc(C(F)(F)F)cc2Cl)c1Br. The Balaban J connectivity index is 2.66. The summed E-state index contributed by atoms with van der Waals surface area (Å²) in [7, 11) is 0. The minimum absolute atomic E-state index is 0.0276. The van der Waals surface area contributed by atoms with Crippen LogP contribution in [0.5, 0.6) is 0 Å². The number of hydrogen-bond donors (Lipinski definition) is 0. The highest BCUT2D eigenvalue weighted by Crippen LogP contribution is 2.46. The summed E-state index contributed by atoms with van der Waals surface area (Å²) in [5.74, 6) is 0. The van der Waals surface area contributed by atoms with Crippen molar-refractivity contribution in [3.05, 3.63) is 44.1 Å². The van der Waals surface area contributed by atoms with E-state index in [0.29, 0.717) is 23.9 Å². The number of alkyl halides is 6. The number of nitriles is 1. The van der Waals surface area contributed by atoms with E-state index in [2.05, 4.69) is 15.9 Å². The first-order valence-corrected chi connectivity index (χ1v) is 9.10. The molecule has 1 heterocycles. The van der Waals surface area contributed by atoms with Gasteiger partial charge in [-0.05, 0) is 39.8 Å². The van der Waals surface area contributed by atoms with Crippen LogP contribution in [-0.4, -0.2) is 8.49 Å². The molecule has 0 aliphatic carbocycles. The number of thioether (sulfide) groups is 1. The molecular weight excluding hydrogens is 514 g/mol. The van der Waals surface area contributed by atoms with E-state index in [1.165, 1.54) is 10.8 Å². The second kappa shape index (κ2) is 7.37. The summed E-state index contributed by atoms with van der Waals surface area (Å²) in [5, 5.41) is 8.58. The normalized spacial score (nSPS) is 12.3. The topological polar surface area (TPSA) is 28.7 Å². The van der Waals surface area contributed by atoms with Crippen molar-refractivity contribution in [1.29, 1.82) is 5.26 Å². The molecule has 0 saturated carbocycles. The highest BCUT2D eigenvalue weighted by molar-refractivity contribution is 9.10. The largest absolute Gasteiger partial charge is 0.416 e. The summed E-state index contributed by atoms with van der Waals surface area (Å²) < 4.78 is 50.5. The molecule has 0 aliphatic heterocycles. The fourth-order valence-electron chi connectivity index (χ4n) is 1.89. The standard InChI is InChI=1S/C13H3BrCl4F4N2S/c14-11-6(3-23)9(25-13(17,18)22)4-24(11)10-7(15)1-5(2-8(10)16)12(19,20)21/h1-2,4H. The Morgan fingerprint density at radius 2 is 1.64 bits per heavy atom. The maximum atomic E-state index is 13.5. The predicted molar refractivity (Wildman–Crippen MR) is 94.6 cm³/mol. The minimum Gasteiger partial charge on any atom is -0.306 e. The summed E-state index contributed by atoms with van der Waals surface area (Å²) in [6, 6.07) is 3.19. The molecule has 0 atom stereocenters. The molecule has 2 aromatic rings. The Morgan fingerprint density at radius 3 is 2.04 bits per heavy atom. The van der Waals surface area contributed by atoms with Crippen molar-refractivity contribution in [2.75, 3.05) is 0 Å². The van der Waals surface area contributed by atoms with Gasteiger partial charge in [-0.3, -0.25) is 0 Å². The molecule has 2 nitrogen and oxygen atoms in total. The van der Waals surface area contributed by atoms with Crippen molar-refractivity contribution in [1.82, 2.24) is 4.57 Å². The summed E-state index contributed by atoms with van der Waals surface area (Å²) >= 11 is 25.9. The van der Waals surface area contributed by atoms with Crippen molar-refractivity contribution in [2.24, 2.45) is 0 Å². The van der Waals surface area contributed by atoms with Gasteiger partial charge in [0, 0.05) is 6.20 Å². The summed E-state index contributed by atoms with van der Waals surface area (Å²) in [6.07, 6.45) is -3.41. The zero-order valence-corrected chi connectivity index (χ0v) is 16.9. The smallest absolute Gasteiger partial charge is 0.306 e. The van der Waals surface area contributed by atoms with Crippen LogP contribution in [0, 0.1) is 11.3 Å². The second-order valence-corrected chi connectivity index (χ2v) is 8.93. The lowest BCUT2D eigenvalue weighted by Gasteiger charge is -2.14. The van der Waals surface area contributed by atoms with Gasteiger partial charge in [0.05, 0.1) is 31.8 Å². The zero-order chi connectivity index (χ0) is 19.2. The lowest BCUT2D eigenvalue weighted by molar-refractivity contribution is -0.137. The molecule has 1 aromatic carbocycles. The third-order valence-electron chi connectivity index (χ3n) is 2.83. The number of nitrogens with zero attached hydrogens (tertiary/aromatic N) is 2. The van der Waals surface area contributed by atoms with Crippen molar-refractivity contribution in [3.63, 3.8) is 0 Å². The average Bonchev–Trinajstić information content (AvgIpc) is 2.71. The first-order chi connectivity index (χ1) is 11.3.